The lowest BCUT2D eigenvalue weighted by atomic mass is 10.2. The molecule has 0 atom stereocenters. The van der Waals surface area contributed by atoms with Gasteiger partial charge in [0, 0.05) is 23.6 Å². The molecule has 1 heterocycles. The molecule has 1 aromatic heterocycles. The van der Waals surface area contributed by atoms with Crippen LogP contribution in [-0.4, -0.2) is 23.2 Å². The van der Waals surface area contributed by atoms with Gasteiger partial charge in [-0.25, -0.2) is 4.98 Å². The van der Waals surface area contributed by atoms with E-state index in [4.69, 9.17) is 9.47 Å². The third-order valence-electron chi connectivity index (χ3n) is 3.92. The van der Waals surface area contributed by atoms with Gasteiger partial charge in [-0.15, -0.1) is 0 Å². The molecule has 0 unspecified atom stereocenters. The quantitative estimate of drug-likeness (QED) is 0.483. The van der Waals surface area contributed by atoms with Crippen molar-refractivity contribution in [1.29, 1.82) is 0 Å². The van der Waals surface area contributed by atoms with Crippen molar-refractivity contribution in [2.75, 3.05) is 23.8 Å². The average molecular weight is 418 g/mol. The van der Waals surface area contributed by atoms with Gasteiger partial charge < -0.3 is 20.1 Å². The lowest BCUT2D eigenvalue weighted by Gasteiger charge is -2.15. The van der Waals surface area contributed by atoms with Crippen molar-refractivity contribution < 1.29 is 22.6 Å². The summed E-state index contributed by atoms with van der Waals surface area (Å²) >= 11 is 0. The van der Waals surface area contributed by atoms with Crippen molar-refractivity contribution in [2.45, 2.75) is 20.0 Å². The minimum atomic E-state index is -4.61. The molecular formula is C21H21F3N4O2. The summed E-state index contributed by atoms with van der Waals surface area (Å²) in [6.45, 7) is 4.68. The highest BCUT2D eigenvalue weighted by molar-refractivity contribution is 5.64. The zero-order chi connectivity index (χ0) is 21.6. The molecule has 0 radical (unpaired) electrons. The first-order chi connectivity index (χ1) is 14.4. The number of rotatable bonds is 8. The molecule has 0 saturated heterocycles. The minimum absolute atomic E-state index is 0.0237. The summed E-state index contributed by atoms with van der Waals surface area (Å²) in [5.41, 5.74) is 0.0567. The van der Waals surface area contributed by atoms with Gasteiger partial charge in [-0.1, -0.05) is 6.07 Å². The lowest BCUT2D eigenvalue weighted by Crippen LogP contribution is -2.12. The molecule has 0 aliphatic heterocycles. The highest BCUT2D eigenvalue weighted by Crippen LogP contribution is 2.35. The fourth-order valence-corrected chi connectivity index (χ4v) is 2.64. The van der Waals surface area contributed by atoms with Crippen molar-refractivity contribution in [1.82, 2.24) is 9.97 Å². The zero-order valence-corrected chi connectivity index (χ0v) is 16.5. The fourth-order valence-electron chi connectivity index (χ4n) is 2.64. The third kappa shape index (κ3) is 5.53. The number of anilines is 4. The van der Waals surface area contributed by atoms with E-state index in [9.17, 15) is 13.2 Å². The van der Waals surface area contributed by atoms with E-state index in [2.05, 4.69) is 20.6 Å². The summed E-state index contributed by atoms with van der Waals surface area (Å²) in [5, 5.41) is 5.62. The zero-order valence-electron chi connectivity index (χ0n) is 16.5. The van der Waals surface area contributed by atoms with Gasteiger partial charge in [0.15, 0.2) is 0 Å². The number of hydrogen-bond acceptors (Lipinski definition) is 6. The molecule has 0 aliphatic rings. The number of ether oxygens (including phenoxy) is 2. The molecule has 0 saturated carbocycles. The second-order valence-electron chi connectivity index (χ2n) is 6.12. The van der Waals surface area contributed by atoms with Gasteiger partial charge in [-0.05, 0) is 50.2 Å². The van der Waals surface area contributed by atoms with E-state index in [1.165, 1.54) is 0 Å². The van der Waals surface area contributed by atoms with Gasteiger partial charge in [-0.3, -0.25) is 0 Å². The van der Waals surface area contributed by atoms with E-state index in [1.54, 1.807) is 48.5 Å². The van der Waals surface area contributed by atoms with Crippen LogP contribution in [0, 0.1) is 0 Å². The Kier molecular flexibility index (Phi) is 6.61. The molecule has 0 amide bonds. The van der Waals surface area contributed by atoms with Crippen LogP contribution in [0.5, 0.6) is 11.5 Å². The molecular weight excluding hydrogens is 397 g/mol. The molecule has 0 fully saturated rings. The van der Waals surface area contributed by atoms with E-state index in [-0.39, 0.29) is 11.8 Å². The van der Waals surface area contributed by atoms with Crippen molar-refractivity contribution in [2.24, 2.45) is 0 Å². The fraction of sp³-hybridized carbons (Fsp3) is 0.238. The maximum atomic E-state index is 13.4. The van der Waals surface area contributed by atoms with Crippen LogP contribution in [0.2, 0.25) is 0 Å². The molecule has 0 spiro atoms. The monoisotopic (exact) mass is 418 g/mol. The first-order valence-electron chi connectivity index (χ1n) is 9.33. The molecule has 0 bridgehead atoms. The van der Waals surface area contributed by atoms with Crippen molar-refractivity contribution >= 4 is 23.1 Å². The predicted octanol–water partition coefficient (Wildman–Crippen LogP) is 5.78. The van der Waals surface area contributed by atoms with Crippen LogP contribution in [0.25, 0.3) is 0 Å². The summed E-state index contributed by atoms with van der Waals surface area (Å²) in [6, 6.07) is 13.6. The Morgan fingerprint density at radius 3 is 2.23 bits per heavy atom. The Morgan fingerprint density at radius 2 is 1.57 bits per heavy atom. The number of nitrogens with zero attached hydrogens (tertiary/aromatic N) is 2. The maximum Gasteiger partial charge on any atom is 0.421 e. The number of halogens is 3. The molecule has 2 aromatic carbocycles. The molecule has 30 heavy (non-hydrogen) atoms. The van der Waals surface area contributed by atoms with Crippen LogP contribution in [-0.2, 0) is 6.18 Å². The largest absolute Gasteiger partial charge is 0.494 e. The van der Waals surface area contributed by atoms with E-state index < -0.39 is 11.7 Å². The Morgan fingerprint density at radius 1 is 0.867 bits per heavy atom. The van der Waals surface area contributed by atoms with E-state index in [0.29, 0.717) is 36.1 Å². The van der Waals surface area contributed by atoms with Crippen LogP contribution in [0.15, 0.2) is 54.7 Å². The van der Waals surface area contributed by atoms with Gasteiger partial charge in [0.1, 0.15) is 22.9 Å². The molecule has 0 aliphatic carbocycles. The number of nitrogens with one attached hydrogen (secondary N) is 2. The predicted molar refractivity (Wildman–Crippen MR) is 109 cm³/mol. The van der Waals surface area contributed by atoms with Crippen LogP contribution >= 0.6 is 0 Å². The number of hydrogen-bond donors (Lipinski definition) is 2. The van der Waals surface area contributed by atoms with Crippen LogP contribution in [0.1, 0.15) is 19.4 Å². The molecule has 2 N–H and O–H groups in total. The topological polar surface area (TPSA) is 68.3 Å². The van der Waals surface area contributed by atoms with Gasteiger partial charge in [0.05, 0.1) is 13.2 Å². The average Bonchev–Trinajstić information content (AvgIpc) is 2.70. The van der Waals surface area contributed by atoms with Crippen molar-refractivity contribution in [3.05, 3.63) is 60.3 Å². The molecule has 9 heteroatoms. The summed E-state index contributed by atoms with van der Waals surface area (Å²) < 4.78 is 51.1. The number of benzene rings is 2. The van der Waals surface area contributed by atoms with E-state index in [0.717, 1.165) is 6.20 Å². The van der Waals surface area contributed by atoms with Crippen LogP contribution in [0.3, 0.4) is 0 Å². The summed E-state index contributed by atoms with van der Waals surface area (Å²) in [6.07, 6.45) is -3.86. The van der Waals surface area contributed by atoms with Gasteiger partial charge >= 0.3 is 6.18 Å². The van der Waals surface area contributed by atoms with Gasteiger partial charge in [-0.2, -0.15) is 18.2 Å². The Labute approximate surface area is 172 Å². The van der Waals surface area contributed by atoms with Gasteiger partial charge in [0.25, 0.3) is 0 Å². The Bertz CT molecular complexity index is 979. The highest BCUT2D eigenvalue weighted by Gasteiger charge is 2.35. The van der Waals surface area contributed by atoms with Crippen LogP contribution < -0.4 is 20.1 Å². The minimum Gasteiger partial charge on any atom is -0.494 e. The lowest BCUT2D eigenvalue weighted by molar-refractivity contribution is -0.137. The Balaban J connectivity index is 1.87. The first-order valence-corrected chi connectivity index (χ1v) is 9.33. The van der Waals surface area contributed by atoms with Gasteiger partial charge in [0.2, 0.25) is 5.95 Å². The molecule has 3 aromatic rings. The normalized spacial score (nSPS) is 11.1. The first kappa shape index (κ1) is 21.2. The SMILES string of the molecule is CCOc1ccc(Nc2ncc(C(F)(F)F)c(Nc3cccc(OCC)c3)n2)cc1. The van der Waals surface area contributed by atoms with Crippen LogP contribution in [0.4, 0.5) is 36.3 Å². The summed E-state index contributed by atoms with van der Waals surface area (Å²) in [7, 11) is 0. The maximum absolute atomic E-state index is 13.4. The number of alkyl halides is 3. The van der Waals surface area contributed by atoms with E-state index >= 15 is 0 Å². The third-order valence-corrected chi connectivity index (χ3v) is 3.92. The van der Waals surface area contributed by atoms with Crippen molar-refractivity contribution in [3.8, 4) is 11.5 Å². The molecule has 3 rings (SSSR count). The van der Waals surface area contributed by atoms with Crippen molar-refractivity contribution in [3.63, 3.8) is 0 Å². The second-order valence-corrected chi connectivity index (χ2v) is 6.12. The molecule has 158 valence electrons. The smallest absolute Gasteiger partial charge is 0.421 e. The summed E-state index contributed by atoms with van der Waals surface area (Å²) in [5.74, 6) is 0.890. The summed E-state index contributed by atoms with van der Waals surface area (Å²) in [4.78, 5) is 7.85. The molecule has 6 nitrogen and oxygen atoms in total. The standard InChI is InChI=1S/C21H21F3N4O2/c1-3-29-16-10-8-14(9-11-16)27-20-25-13-18(21(22,23)24)19(28-20)26-15-6-5-7-17(12-15)30-4-2/h5-13H,3-4H2,1-2H3,(H2,25,26,27,28). The van der Waals surface area contributed by atoms with E-state index in [1.807, 2.05) is 13.8 Å². The second kappa shape index (κ2) is 9.34. The number of aromatic nitrogens is 2. The highest BCUT2D eigenvalue weighted by atomic mass is 19.4. The Hall–Kier alpha value is -3.49.